The average Bonchev–Trinajstić information content (AvgIpc) is 2.39. The van der Waals surface area contributed by atoms with E-state index in [9.17, 15) is 5.11 Å². The van der Waals surface area contributed by atoms with E-state index in [4.69, 9.17) is 0 Å². The Bertz CT molecular complexity index is 421. The maximum absolute atomic E-state index is 10.3. The third-order valence-corrected chi connectivity index (χ3v) is 3.14. The molecule has 0 heterocycles. The summed E-state index contributed by atoms with van der Waals surface area (Å²) in [6, 6.07) is 8.12. The Morgan fingerprint density at radius 2 is 1.73 bits per heavy atom. The second-order valence-electron chi connectivity index (χ2n) is 5.28. The minimum atomic E-state index is -0.416. The van der Waals surface area contributed by atoms with E-state index >= 15 is 0 Å². The van der Waals surface area contributed by atoms with E-state index in [1.807, 2.05) is 18.2 Å². The van der Waals surface area contributed by atoms with Gasteiger partial charge in [-0.15, -0.1) is 0 Å². The Labute approximate surface area is 91.4 Å². The van der Waals surface area contributed by atoms with Gasteiger partial charge in [0, 0.05) is 0 Å². The molecule has 1 unspecified atom stereocenters. The van der Waals surface area contributed by atoms with Crippen molar-refractivity contribution in [3.05, 3.63) is 41.0 Å². The van der Waals surface area contributed by atoms with Crippen molar-refractivity contribution in [3.63, 3.8) is 0 Å². The molecule has 0 bridgehead atoms. The molecular formula is C14H18O. The van der Waals surface area contributed by atoms with Crippen LogP contribution in [0.25, 0.3) is 5.57 Å². The summed E-state index contributed by atoms with van der Waals surface area (Å²) in [4.78, 5) is 0. The largest absolute Gasteiger partial charge is 0.384 e. The first-order valence-electron chi connectivity index (χ1n) is 5.41. The van der Waals surface area contributed by atoms with Crippen LogP contribution in [-0.4, -0.2) is 5.11 Å². The van der Waals surface area contributed by atoms with E-state index in [1.165, 1.54) is 11.1 Å². The Hall–Kier alpha value is -1.08. The summed E-state index contributed by atoms with van der Waals surface area (Å²) in [6.45, 7) is 8.57. The van der Waals surface area contributed by atoms with Gasteiger partial charge in [0.1, 0.15) is 6.10 Å². The van der Waals surface area contributed by atoms with E-state index in [0.717, 1.165) is 11.1 Å². The SMILES string of the molecule is CC1=C(C(C)(C)C)C(O)c2ccccc21. The van der Waals surface area contributed by atoms with Crippen molar-refractivity contribution in [1.82, 2.24) is 0 Å². The monoisotopic (exact) mass is 202 g/mol. The minimum Gasteiger partial charge on any atom is -0.384 e. The van der Waals surface area contributed by atoms with E-state index in [1.54, 1.807) is 0 Å². The maximum atomic E-state index is 10.3. The minimum absolute atomic E-state index is 0.0303. The molecule has 1 nitrogen and oxygen atoms in total. The lowest BCUT2D eigenvalue weighted by molar-refractivity contribution is 0.193. The van der Waals surface area contributed by atoms with Gasteiger partial charge in [-0.05, 0) is 34.6 Å². The third-order valence-electron chi connectivity index (χ3n) is 3.14. The van der Waals surface area contributed by atoms with Gasteiger partial charge < -0.3 is 5.11 Å². The van der Waals surface area contributed by atoms with Crippen molar-refractivity contribution in [2.75, 3.05) is 0 Å². The van der Waals surface area contributed by atoms with Gasteiger partial charge in [-0.1, -0.05) is 45.0 Å². The molecule has 0 aliphatic heterocycles. The first kappa shape index (κ1) is 10.4. The average molecular weight is 202 g/mol. The number of fused-ring (bicyclic) bond motifs is 1. The highest BCUT2D eigenvalue weighted by atomic mass is 16.3. The molecule has 2 rings (SSSR count). The van der Waals surface area contributed by atoms with E-state index < -0.39 is 6.10 Å². The smallest absolute Gasteiger partial charge is 0.102 e. The van der Waals surface area contributed by atoms with Gasteiger partial charge in [0.2, 0.25) is 0 Å². The molecule has 1 N–H and O–H groups in total. The topological polar surface area (TPSA) is 20.2 Å². The number of aliphatic hydroxyl groups is 1. The number of hydrogen-bond acceptors (Lipinski definition) is 1. The number of hydrogen-bond donors (Lipinski definition) is 1. The molecule has 80 valence electrons. The zero-order valence-electron chi connectivity index (χ0n) is 9.83. The van der Waals surface area contributed by atoms with E-state index in [-0.39, 0.29) is 5.41 Å². The van der Waals surface area contributed by atoms with Crippen LogP contribution in [0.4, 0.5) is 0 Å². The number of benzene rings is 1. The third kappa shape index (κ3) is 1.51. The zero-order valence-corrected chi connectivity index (χ0v) is 9.83. The summed E-state index contributed by atoms with van der Waals surface area (Å²) < 4.78 is 0. The highest BCUT2D eigenvalue weighted by molar-refractivity contribution is 5.77. The number of rotatable bonds is 0. The van der Waals surface area contributed by atoms with Crippen LogP contribution in [-0.2, 0) is 0 Å². The molecule has 0 aromatic heterocycles. The predicted molar refractivity (Wildman–Crippen MR) is 63.5 cm³/mol. The van der Waals surface area contributed by atoms with Gasteiger partial charge in [-0.3, -0.25) is 0 Å². The molecule has 1 aliphatic rings. The van der Waals surface area contributed by atoms with Crippen LogP contribution in [0.3, 0.4) is 0 Å². The summed E-state index contributed by atoms with van der Waals surface area (Å²) in [6.07, 6.45) is -0.416. The van der Waals surface area contributed by atoms with Crippen molar-refractivity contribution in [3.8, 4) is 0 Å². The van der Waals surface area contributed by atoms with Crippen LogP contribution < -0.4 is 0 Å². The van der Waals surface area contributed by atoms with Crippen molar-refractivity contribution in [2.24, 2.45) is 5.41 Å². The van der Waals surface area contributed by atoms with E-state index in [2.05, 4.69) is 33.8 Å². The fourth-order valence-corrected chi connectivity index (χ4v) is 2.56. The Morgan fingerprint density at radius 1 is 1.13 bits per heavy atom. The van der Waals surface area contributed by atoms with Gasteiger partial charge in [-0.25, -0.2) is 0 Å². The molecule has 15 heavy (non-hydrogen) atoms. The van der Waals surface area contributed by atoms with Crippen LogP contribution in [0.2, 0.25) is 0 Å². The fraction of sp³-hybridized carbons (Fsp3) is 0.429. The predicted octanol–water partition coefficient (Wildman–Crippen LogP) is 3.55. The second-order valence-corrected chi connectivity index (χ2v) is 5.28. The van der Waals surface area contributed by atoms with Crippen molar-refractivity contribution in [2.45, 2.75) is 33.8 Å². The van der Waals surface area contributed by atoms with Crippen molar-refractivity contribution in [1.29, 1.82) is 0 Å². The van der Waals surface area contributed by atoms with Crippen LogP contribution in [0.5, 0.6) is 0 Å². The van der Waals surface area contributed by atoms with Crippen LogP contribution in [0.1, 0.15) is 44.9 Å². The lowest BCUT2D eigenvalue weighted by Crippen LogP contribution is -2.14. The molecular weight excluding hydrogens is 184 g/mol. The summed E-state index contributed by atoms with van der Waals surface area (Å²) in [5.41, 5.74) is 4.69. The number of aliphatic hydroxyl groups excluding tert-OH is 1. The zero-order chi connectivity index (χ0) is 11.2. The van der Waals surface area contributed by atoms with Crippen LogP contribution in [0.15, 0.2) is 29.8 Å². The molecule has 0 fully saturated rings. The molecule has 0 saturated heterocycles. The van der Waals surface area contributed by atoms with Gasteiger partial charge >= 0.3 is 0 Å². The van der Waals surface area contributed by atoms with Crippen molar-refractivity contribution < 1.29 is 5.11 Å². The maximum Gasteiger partial charge on any atom is 0.102 e. The van der Waals surface area contributed by atoms with Gasteiger partial charge in [0.25, 0.3) is 0 Å². The Kier molecular flexibility index (Phi) is 2.23. The molecule has 0 radical (unpaired) electrons. The second kappa shape index (κ2) is 3.21. The summed E-state index contributed by atoms with van der Waals surface area (Å²) in [7, 11) is 0. The van der Waals surface area contributed by atoms with Gasteiger partial charge in [0.15, 0.2) is 0 Å². The summed E-state index contributed by atoms with van der Waals surface area (Å²) in [5.74, 6) is 0. The lowest BCUT2D eigenvalue weighted by Gasteiger charge is -2.25. The Balaban J connectivity index is 2.60. The molecule has 0 spiro atoms. The normalized spacial score (nSPS) is 20.7. The Morgan fingerprint density at radius 3 is 2.27 bits per heavy atom. The molecule has 1 atom stereocenters. The lowest BCUT2D eigenvalue weighted by atomic mass is 9.82. The van der Waals surface area contributed by atoms with Crippen molar-refractivity contribution >= 4 is 5.57 Å². The highest BCUT2D eigenvalue weighted by Gasteiger charge is 2.33. The first-order valence-corrected chi connectivity index (χ1v) is 5.41. The fourth-order valence-electron chi connectivity index (χ4n) is 2.56. The highest BCUT2D eigenvalue weighted by Crippen LogP contribution is 2.47. The molecule has 0 saturated carbocycles. The number of allylic oxidation sites excluding steroid dienone is 1. The summed E-state index contributed by atoms with van der Waals surface area (Å²) >= 11 is 0. The molecule has 1 aromatic rings. The molecule has 0 amide bonds. The molecule has 1 aliphatic carbocycles. The summed E-state index contributed by atoms with van der Waals surface area (Å²) in [5, 5.41) is 10.3. The van der Waals surface area contributed by atoms with Crippen LogP contribution in [0, 0.1) is 5.41 Å². The first-order chi connectivity index (χ1) is 6.93. The standard InChI is InChI=1S/C14H18O/c1-9-10-7-5-6-8-11(10)13(15)12(9)14(2,3)4/h5-8,13,15H,1-4H3. The molecule has 1 aromatic carbocycles. The molecule has 1 heteroatoms. The van der Waals surface area contributed by atoms with Gasteiger partial charge in [0.05, 0.1) is 0 Å². The van der Waals surface area contributed by atoms with Gasteiger partial charge in [-0.2, -0.15) is 0 Å². The quantitative estimate of drug-likeness (QED) is 0.682. The van der Waals surface area contributed by atoms with E-state index in [0.29, 0.717) is 0 Å². The van der Waals surface area contributed by atoms with Crippen LogP contribution >= 0.6 is 0 Å².